The number of carbonyl (C=O) groups excluding carboxylic acids is 1. The minimum atomic E-state index is -0.511. The van der Waals surface area contributed by atoms with Crippen molar-refractivity contribution in [1.82, 2.24) is 0 Å². The van der Waals surface area contributed by atoms with Crippen molar-refractivity contribution in [1.29, 1.82) is 0 Å². The van der Waals surface area contributed by atoms with Gasteiger partial charge in [-0.15, -0.1) is 11.6 Å². The molecule has 0 radical (unpaired) electrons. The maximum absolute atomic E-state index is 11.5. The van der Waals surface area contributed by atoms with Gasteiger partial charge < -0.3 is 10.2 Å². The highest BCUT2D eigenvalue weighted by Crippen LogP contribution is 2.24. The molecule has 1 heterocycles. The lowest BCUT2D eigenvalue weighted by molar-refractivity contribution is -0.115. The third-order valence-corrected chi connectivity index (χ3v) is 3.84. The van der Waals surface area contributed by atoms with Crippen LogP contribution < -0.4 is 10.2 Å². The summed E-state index contributed by atoms with van der Waals surface area (Å²) in [5.74, 6) is 0.668. The van der Waals surface area contributed by atoms with Crippen molar-refractivity contribution >= 4 is 28.9 Å². The van der Waals surface area contributed by atoms with Crippen molar-refractivity contribution in [3.05, 3.63) is 24.3 Å². The predicted molar refractivity (Wildman–Crippen MR) is 81.0 cm³/mol. The molecule has 0 unspecified atom stereocenters. The molecule has 1 fully saturated rings. The minimum Gasteiger partial charge on any atom is -0.372 e. The SMILES string of the molecule is CC1CCN(c2ccc(NC(=O)[C@@H](C)Cl)cc2)CC1. The second kappa shape index (κ2) is 6.29. The van der Waals surface area contributed by atoms with Crippen molar-refractivity contribution in [2.24, 2.45) is 5.92 Å². The van der Waals surface area contributed by atoms with Crippen molar-refractivity contribution in [2.45, 2.75) is 32.1 Å². The van der Waals surface area contributed by atoms with Gasteiger partial charge in [-0.3, -0.25) is 4.79 Å². The van der Waals surface area contributed by atoms with Crippen molar-refractivity contribution in [2.75, 3.05) is 23.3 Å². The lowest BCUT2D eigenvalue weighted by Crippen LogP contribution is -2.32. The van der Waals surface area contributed by atoms with Crippen LogP contribution in [0.25, 0.3) is 0 Å². The molecule has 0 spiro atoms. The van der Waals surface area contributed by atoms with Gasteiger partial charge in [0.1, 0.15) is 5.38 Å². The summed E-state index contributed by atoms with van der Waals surface area (Å²) in [6.07, 6.45) is 2.50. The Morgan fingerprint density at radius 2 is 1.89 bits per heavy atom. The van der Waals surface area contributed by atoms with E-state index in [1.807, 2.05) is 12.1 Å². The summed E-state index contributed by atoms with van der Waals surface area (Å²) in [4.78, 5) is 13.9. The van der Waals surface area contributed by atoms with E-state index in [0.29, 0.717) is 0 Å². The molecule has 1 aliphatic rings. The Hall–Kier alpha value is -1.22. The van der Waals surface area contributed by atoms with Crippen LogP contribution in [0.1, 0.15) is 26.7 Å². The van der Waals surface area contributed by atoms with Crippen LogP contribution >= 0.6 is 11.6 Å². The Morgan fingerprint density at radius 1 is 1.32 bits per heavy atom. The minimum absolute atomic E-state index is 0.166. The van der Waals surface area contributed by atoms with Gasteiger partial charge in [-0.2, -0.15) is 0 Å². The van der Waals surface area contributed by atoms with Crippen LogP contribution in [0.3, 0.4) is 0 Å². The number of carbonyl (C=O) groups is 1. The molecular weight excluding hydrogens is 260 g/mol. The molecule has 0 saturated carbocycles. The Morgan fingerprint density at radius 3 is 2.42 bits per heavy atom. The number of nitrogens with zero attached hydrogens (tertiary/aromatic N) is 1. The monoisotopic (exact) mass is 280 g/mol. The molecule has 1 atom stereocenters. The Kier molecular flexibility index (Phi) is 4.70. The first-order chi connectivity index (χ1) is 9.06. The van der Waals surface area contributed by atoms with Gasteiger partial charge in [0, 0.05) is 24.5 Å². The van der Waals surface area contributed by atoms with Crippen molar-refractivity contribution in [3.63, 3.8) is 0 Å². The number of rotatable bonds is 3. The molecule has 1 saturated heterocycles. The topological polar surface area (TPSA) is 32.3 Å². The fourth-order valence-electron chi connectivity index (χ4n) is 2.26. The zero-order valence-electron chi connectivity index (χ0n) is 11.5. The number of hydrogen-bond acceptors (Lipinski definition) is 2. The lowest BCUT2D eigenvalue weighted by atomic mass is 9.99. The number of nitrogens with one attached hydrogen (secondary N) is 1. The summed E-state index contributed by atoms with van der Waals surface area (Å²) in [5, 5.41) is 2.28. The van der Waals surface area contributed by atoms with E-state index in [1.165, 1.54) is 18.5 Å². The van der Waals surface area contributed by atoms with Gasteiger partial charge in [0.2, 0.25) is 5.91 Å². The van der Waals surface area contributed by atoms with Crippen LogP contribution in [0, 0.1) is 5.92 Å². The van der Waals surface area contributed by atoms with Crippen LogP contribution in [0.15, 0.2) is 24.3 Å². The highest BCUT2D eigenvalue weighted by Gasteiger charge is 2.16. The van der Waals surface area contributed by atoms with Crippen LogP contribution in [0.2, 0.25) is 0 Å². The number of hydrogen-bond donors (Lipinski definition) is 1. The lowest BCUT2D eigenvalue weighted by Gasteiger charge is -2.32. The molecule has 3 nitrogen and oxygen atoms in total. The fourth-order valence-corrected chi connectivity index (χ4v) is 2.32. The van der Waals surface area contributed by atoms with Gasteiger partial charge in [0.25, 0.3) is 0 Å². The van der Waals surface area contributed by atoms with E-state index in [9.17, 15) is 4.79 Å². The van der Waals surface area contributed by atoms with Gasteiger partial charge in [-0.05, 0) is 49.9 Å². The average Bonchev–Trinajstić information content (AvgIpc) is 2.40. The van der Waals surface area contributed by atoms with E-state index in [-0.39, 0.29) is 5.91 Å². The number of amides is 1. The van der Waals surface area contributed by atoms with E-state index in [0.717, 1.165) is 24.7 Å². The molecule has 1 amide bonds. The molecule has 1 aromatic rings. The van der Waals surface area contributed by atoms with Crippen LogP contribution in [-0.2, 0) is 4.79 Å². The van der Waals surface area contributed by atoms with Crippen LogP contribution in [0.4, 0.5) is 11.4 Å². The van der Waals surface area contributed by atoms with Crippen LogP contribution in [-0.4, -0.2) is 24.4 Å². The molecular formula is C15H21ClN2O. The number of alkyl halides is 1. The summed E-state index contributed by atoms with van der Waals surface area (Å²) in [6, 6.07) is 7.99. The summed E-state index contributed by atoms with van der Waals surface area (Å²) >= 11 is 5.72. The number of halogens is 1. The van der Waals surface area contributed by atoms with Gasteiger partial charge in [-0.25, -0.2) is 0 Å². The van der Waals surface area contributed by atoms with Crippen molar-refractivity contribution in [3.8, 4) is 0 Å². The third-order valence-electron chi connectivity index (χ3n) is 3.64. The molecule has 1 aromatic carbocycles. The summed E-state index contributed by atoms with van der Waals surface area (Å²) < 4.78 is 0. The molecule has 2 rings (SSSR count). The molecule has 1 aliphatic heterocycles. The second-order valence-electron chi connectivity index (χ2n) is 5.32. The van der Waals surface area contributed by atoms with Crippen LogP contribution in [0.5, 0.6) is 0 Å². The quantitative estimate of drug-likeness (QED) is 0.860. The number of piperidine rings is 1. The summed E-state index contributed by atoms with van der Waals surface area (Å²) in [5.41, 5.74) is 2.02. The third kappa shape index (κ3) is 3.87. The zero-order valence-corrected chi connectivity index (χ0v) is 12.3. The molecule has 4 heteroatoms. The van der Waals surface area contributed by atoms with E-state index >= 15 is 0 Å². The standard InChI is InChI=1S/C15H21ClN2O/c1-11-7-9-18(10-8-11)14-5-3-13(4-6-14)17-15(19)12(2)16/h3-6,11-12H,7-10H2,1-2H3,(H,17,19)/t12-/m1/s1. The zero-order chi connectivity index (χ0) is 13.8. The first-order valence-corrected chi connectivity index (χ1v) is 7.30. The highest BCUT2D eigenvalue weighted by molar-refractivity contribution is 6.32. The number of anilines is 2. The summed E-state index contributed by atoms with van der Waals surface area (Å²) in [7, 11) is 0. The molecule has 1 N–H and O–H groups in total. The van der Waals surface area contributed by atoms with Gasteiger partial charge in [0.15, 0.2) is 0 Å². The Bertz CT molecular complexity index is 422. The summed E-state index contributed by atoms with van der Waals surface area (Å²) in [6.45, 7) is 6.21. The smallest absolute Gasteiger partial charge is 0.242 e. The largest absolute Gasteiger partial charge is 0.372 e. The first kappa shape index (κ1) is 14.2. The molecule has 19 heavy (non-hydrogen) atoms. The Balaban J connectivity index is 1.96. The van der Waals surface area contributed by atoms with E-state index in [2.05, 4.69) is 29.3 Å². The Labute approximate surface area is 119 Å². The molecule has 104 valence electrons. The van der Waals surface area contributed by atoms with Gasteiger partial charge in [-0.1, -0.05) is 6.92 Å². The average molecular weight is 281 g/mol. The van der Waals surface area contributed by atoms with E-state index < -0.39 is 5.38 Å². The van der Waals surface area contributed by atoms with Gasteiger partial charge >= 0.3 is 0 Å². The molecule has 0 aromatic heterocycles. The molecule has 0 aliphatic carbocycles. The maximum atomic E-state index is 11.5. The predicted octanol–water partition coefficient (Wildman–Crippen LogP) is 3.49. The molecule has 0 bridgehead atoms. The van der Waals surface area contributed by atoms with Crippen molar-refractivity contribution < 1.29 is 4.79 Å². The fraction of sp³-hybridized carbons (Fsp3) is 0.533. The van der Waals surface area contributed by atoms with E-state index in [1.54, 1.807) is 6.92 Å². The normalized spacial score (nSPS) is 18.2. The van der Waals surface area contributed by atoms with E-state index in [4.69, 9.17) is 11.6 Å². The van der Waals surface area contributed by atoms with Gasteiger partial charge in [0.05, 0.1) is 0 Å². The first-order valence-electron chi connectivity index (χ1n) is 6.86. The highest BCUT2D eigenvalue weighted by atomic mass is 35.5. The number of benzene rings is 1. The second-order valence-corrected chi connectivity index (χ2v) is 5.98. The maximum Gasteiger partial charge on any atom is 0.242 e.